The summed E-state index contributed by atoms with van der Waals surface area (Å²) in [6, 6.07) is 18.6. The first kappa shape index (κ1) is 31.2. The number of amides is 2. The maximum absolute atomic E-state index is 12.4. The lowest BCUT2D eigenvalue weighted by atomic mass is 9.95. The molecular formula is C31H33ClN4O7. The predicted octanol–water partition coefficient (Wildman–Crippen LogP) is 4.44. The van der Waals surface area contributed by atoms with E-state index in [1.807, 2.05) is 55.5 Å². The molecule has 2 amide bonds. The van der Waals surface area contributed by atoms with Crippen LogP contribution in [0.5, 0.6) is 17.2 Å². The predicted molar refractivity (Wildman–Crippen MR) is 161 cm³/mol. The van der Waals surface area contributed by atoms with Gasteiger partial charge in [0.25, 0.3) is 0 Å². The molecule has 12 heteroatoms. The number of nitrogens with zero attached hydrogens (tertiary/aromatic N) is 1. The molecule has 0 unspecified atom stereocenters. The minimum absolute atomic E-state index is 0.137. The van der Waals surface area contributed by atoms with Crippen molar-refractivity contribution >= 4 is 29.8 Å². The molecule has 11 nitrogen and oxygen atoms in total. The summed E-state index contributed by atoms with van der Waals surface area (Å²) in [4.78, 5) is 24.5. The Kier molecular flexibility index (Phi) is 10.8. The Balaban J connectivity index is 1.33. The molecule has 226 valence electrons. The van der Waals surface area contributed by atoms with E-state index in [0.717, 1.165) is 11.1 Å². The second-order valence-corrected chi connectivity index (χ2v) is 9.77. The number of hydrogen-bond acceptors (Lipinski definition) is 9. The van der Waals surface area contributed by atoms with Gasteiger partial charge in [0.2, 0.25) is 0 Å². The SMILES string of the molecule is CCOc1cc([C@@H]2NC(=O)NC(C)=C2C(=O)OC)ccc1OC[C@@H](O)N/N=C\c1ccc(OCc2ccccc2Cl)cc1. The Morgan fingerprint density at radius 1 is 1.09 bits per heavy atom. The van der Waals surface area contributed by atoms with Crippen LogP contribution in [0.2, 0.25) is 5.02 Å². The quantitative estimate of drug-likeness (QED) is 0.0967. The van der Waals surface area contributed by atoms with Crippen LogP contribution >= 0.6 is 11.6 Å². The smallest absolute Gasteiger partial charge is 0.337 e. The number of carbonyl (C=O) groups excluding carboxylic acids is 2. The summed E-state index contributed by atoms with van der Waals surface area (Å²) in [7, 11) is 1.28. The zero-order valence-electron chi connectivity index (χ0n) is 23.9. The van der Waals surface area contributed by atoms with Crippen molar-refractivity contribution in [2.24, 2.45) is 5.10 Å². The van der Waals surface area contributed by atoms with Gasteiger partial charge in [-0.25, -0.2) is 9.59 Å². The maximum Gasteiger partial charge on any atom is 0.337 e. The first-order valence-corrected chi connectivity index (χ1v) is 13.9. The fourth-order valence-corrected chi connectivity index (χ4v) is 4.44. The fourth-order valence-electron chi connectivity index (χ4n) is 4.25. The standard InChI is InChI=1S/C31H33ClN4O7/c1-4-41-26-15-21(29-28(30(38)40-3)19(2)34-31(39)35-29)11-14-25(26)43-18-27(37)36-33-16-20-9-12-23(13-10-20)42-17-22-7-5-6-8-24(22)32/h5-16,27,29,36-37H,4,17-18H2,1-3H3,(H2,34,35,39)/b33-16-/t27-,29+/m1/s1. The summed E-state index contributed by atoms with van der Waals surface area (Å²) in [5.74, 6) is 0.858. The molecule has 4 N–H and O–H groups in total. The lowest BCUT2D eigenvalue weighted by molar-refractivity contribution is -0.136. The van der Waals surface area contributed by atoms with Gasteiger partial charge in [-0.05, 0) is 67.4 Å². The van der Waals surface area contributed by atoms with Crippen LogP contribution in [0.25, 0.3) is 0 Å². The first-order valence-electron chi connectivity index (χ1n) is 13.5. The van der Waals surface area contributed by atoms with Gasteiger partial charge in [0.1, 0.15) is 19.0 Å². The highest BCUT2D eigenvalue weighted by Gasteiger charge is 2.32. The lowest BCUT2D eigenvalue weighted by Crippen LogP contribution is -2.45. The number of esters is 1. The van der Waals surface area contributed by atoms with Crippen LogP contribution < -0.4 is 30.3 Å². The number of halogens is 1. The van der Waals surface area contributed by atoms with E-state index >= 15 is 0 Å². The van der Waals surface area contributed by atoms with Gasteiger partial charge in [0, 0.05) is 16.3 Å². The number of allylic oxidation sites excluding steroid dienone is 1. The van der Waals surface area contributed by atoms with E-state index in [0.29, 0.717) is 46.7 Å². The van der Waals surface area contributed by atoms with Gasteiger partial charge in [-0.15, -0.1) is 0 Å². The van der Waals surface area contributed by atoms with Crippen LogP contribution in [-0.4, -0.2) is 49.9 Å². The van der Waals surface area contributed by atoms with Crippen LogP contribution in [-0.2, 0) is 16.1 Å². The molecule has 0 spiro atoms. The molecule has 2 atom stereocenters. The monoisotopic (exact) mass is 608 g/mol. The second kappa shape index (κ2) is 14.9. The topological polar surface area (TPSA) is 140 Å². The molecule has 0 aromatic heterocycles. The van der Waals surface area contributed by atoms with E-state index in [4.69, 9.17) is 30.5 Å². The Bertz CT molecular complexity index is 1490. The van der Waals surface area contributed by atoms with Crippen molar-refractivity contribution in [3.05, 3.63) is 99.7 Å². The third kappa shape index (κ3) is 8.40. The summed E-state index contributed by atoms with van der Waals surface area (Å²) in [6.07, 6.45) is 0.437. The first-order chi connectivity index (χ1) is 20.8. The molecule has 3 aromatic rings. The van der Waals surface area contributed by atoms with Gasteiger partial charge in [0.15, 0.2) is 17.7 Å². The average Bonchev–Trinajstić information content (AvgIpc) is 3.00. The zero-order chi connectivity index (χ0) is 30.8. The van der Waals surface area contributed by atoms with E-state index in [2.05, 4.69) is 21.2 Å². The molecule has 0 radical (unpaired) electrons. The molecule has 3 aromatic carbocycles. The molecule has 0 fully saturated rings. The van der Waals surface area contributed by atoms with Crippen molar-refractivity contribution in [1.29, 1.82) is 0 Å². The molecule has 43 heavy (non-hydrogen) atoms. The summed E-state index contributed by atoms with van der Waals surface area (Å²) in [6.45, 7) is 4.00. The molecular weight excluding hydrogens is 576 g/mol. The summed E-state index contributed by atoms with van der Waals surface area (Å²) in [5.41, 5.74) is 5.57. The highest BCUT2D eigenvalue weighted by Crippen LogP contribution is 2.35. The van der Waals surface area contributed by atoms with Crippen molar-refractivity contribution in [2.75, 3.05) is 20.3 Å². The van der Waals surface area contributed by atoms with Crippen LogP contribution in [0.15, 0.2) is 83.1 Å². The number of rotatable bonds is 13. The van der Waals surface area contributed by atoms with Gasteiger partial charge < -0.3 is 34.7 Å². The van der Waals surface area contributed by atoms with Gasteiger partial charge in [-0.1, -0.05) is 35.9 Å². The molecule has 1 aliphatic heterocycles. The number of aliphatic hydroxyl groups excluding tert-OH is 1. The van der Waals surface area contributed by atoms with E-state index in [9.17, 15) is 14.7 Å². The minimum Gasteiger partial charge on any atom is -0.490 e. The largest absolute Gasteiger partial charge is 0.490 e. The number of nitrogens with one attached hydrogen (secondary N) is 3. The maximum atomic E-state index is 12.4. The fraction of sp³-hybridized carbons (Fsp3) is 0.258. The number of urea groups is 1. The van der Waals surface area contributed by atoms with Crippen LogP contribution in [0.1, 0.15) is 36.6 Å². The van der Waals surface area contributed by atoms with Crippen molar-refractivity contribution < 1.29 is 33.6 Å². The molecule has 0 saturated carbocycles. The van der Waals surface area contributed by atoms with E-state index < -0.39 is 24.3 Å². The zero-order valence-corrected chi connectivity index (χ0v) is 24.7. The van der Waals surface area contributed by atoms with Gasteiger partial charge in [0.05, 0.1) is 31.5 Å². The number of hydrazone groups is 1. The average molecular weight is 609 g/mol. The summed E-state index contributed by atoms with van der Waals surface area (Å²) < 4.78 is 22.2. The highest BCUT2D eigenvalue weighted by atomic mass is 35.5. The normalized spacial score (nSPS) is 15.4. The van der Waals surface area contributed by atoms with Gasteiger partial charge in [-0.3, -0.25) is 5.43 Å². The van der Waals surface area contributed by atoms with Crippen LogP contribution in [0, 0.1) is 0 Å². The number of carbonyl (C=O) groups is 2. The number of ether oxygens (including phenoxy) is 4. The molecule has 1 aliphatic rings. The van der Waals surface area contributed by atoms with Gasteiger partial charge in [-0.2, -0.15) is 5.10 Å². The number of aliphatic hydroxyl groups is 1. The molecule has 4 rings (SSSR count). The Morgan fingerprint density at radius 2 is 1.86 bits per heavy atom. The minimum atomic E-state index is -1.12. The van der Waals surface area contributed by atoms with E-state index in [1.54, 1.807) is 31.3 Å². The van der Waals surface area contributed by atoms with Crippen molar-refractivity contribution in [1.82, 2.24) is 16.1 Å². The molecule has 1 heterocycles. The van der Waals surface area contributed by atoms with Crippen molar-refractivity contribution in [3.63, 3.8) is 0 Å². The Labute approximate surface area is 254 Å². The number of hydrogen-bond donors (Lipinski definition) is 4. The van der Waals surface area contributed by atoms with Crippen LogP contribution in [0.3, 0.4) is 0 Å². The molecule has 0 saturated heterocycles. The highest BCUT2D eigenvalue weighted by molar-refractivity contribution is 6.31. The molecule has 0 bridgehead atoms. The second-order valence-electron chi connectivity index (χ2n) is 9.36. The summed E-state index contributed by atoms with van der Waals surface area (Å²) >= 11 is 6.17. The van der Waals surface area contributed by atoms with E-state index in [1.165, 1.54) is 7.11 Å². The van der Waals surface area contributed by atoms with Crippen molar-refractivity contribution in [2.45, 2.75) is 32.7 Å². The van der Waals surface area contributed by atoms with Gasteiger partial charge >= 0.3 is 12.0 Å². The third-order valence-electron chi connectivity index (χ3n) is 6.34. The van der Waals surface area contributed by atoms with Crippen LogP contribution in [0.4, 0.5) is 4.79 Å². The van der Waals surface area contributed by atoms with Crippen molar-refractivity contribution in [3.8, 4) is 17.2 Å². The Hall–Kier alpha value is -4.74. The summed E-state index contributed by atoms with van der Waals surface area (Å²) in [5, 5.41) is 20.4. The lowest BCUT2D eigenvalue weighted by Gasteiger charge is -2.28. The third-order valence-corrected chi connectivity index (χ3v) is 6.71. The van der Waals surface area contributed by atoms with E-state index in [-0.39, 0.29) is 12.2 Å². The Morgan fingerprint density at radius 3 is 2.58 bits per heavy atom. The molecule has 0 aliphatic carbocycles. The number of benzene rings is 3. The number of methoxy groups -OCH3 is 1.